The first-order valence-electron chi connectivity index (χ1n) is 6.53. The first kappa shape index (κ1) is 12.1. The van der Waals surface area contributed by atoms with E-state index in [9.17, 15) is 0 Å². The van der Waals surface area contributed by atoms with Gasteiger partial charge in [-0.15, -0.1) is 11.3 Å². The van der Waals surface area contributed by atoms with Gasteiger partial charge >= 0.3 is 0 Å². The lowest BCUT2D eigenvalue weighted by Crippen LogP contribution is -1.96. The predicted octanol–water partition coefficient (Wildman–Crippen LogP) is 3.73. The van der Waals surface area contributed by atoms with E-state index in [2.05, 4.69) is 44.2 Å². The Morgan fingerprint density at radius 1 is 1.05 bits per heavy atom. The Hall–Kier alpha value is -2.66. The predicted molar refractivity (Wildman–Crippen MR) is 86.6 cm³/mol. The van der Waals surface area contributed by atoms with Gasteiger partial charge in [0.2, 0.25) is 0 Å². The SMILES string of the molecule is Nc1ccc(-c2cncn2-c2ccc3sccc3c2)cn1. The zero-order valence-corrected chi connectivity index (χ0v) is 11.9. The first-order chi connectivity index (χ1) is 10.3. The van der Waals surface area contributed by atoms with Gasteiger partial charge < -0.3 is 5.73 Å². The molecule has 1 aromatic carbocycles. The molecule has 0 fully saturated rings. The van der Waals surface area contributed by atoms with Gasteiger partial charge in [-0.25, -0.2) is 9.97 Å². The van der Waals surface area contributed by atoms with Crippen molar-refractivity contribution in [2.45, 2.75) is 0 Å². The Bertz CT molecular complexity index is 905. The Balaban J connectivity index is 1.85. The fourth-order valence-electron chi connectivity index (χ4n) is 2.38. The van der Waals surface area contributed by atoms with Crippen molar-refractivity contribution in [3.63, 3.8) is 0 Å². The molecular formula is C16H12N4S. The Labute approximate surface area is 125 Å². The quantitative estimate of drug-likeness (QED) is 0.612. The topological polar surface area (TPSA) is 56.7 Å². The molecule has 0 atom stereocenters. The van der Waals surface area contributed by atoms with E-state index in [1.54, 1.807) is 23.6 Å². The molecule has 102 valence electrons. The molecule has 0 aliphatic rings. The number of nitrogens with zero attached hydrogens (tertiary/aromatic N) is 3. The highest BCUT2D eigenvalue weighted by atomic mass is 32.1. The van der Waals surface area contributed by atoms with Crippen molar-refractivity contribution in [3.05, 3.63) is 60.5 Å². The number of nitrogens with two attached hydrogens (primary N) is 1. The van der Waals surface area contributed by atoms with Gasteiger partial charge in [-0.2, -0.15) is 0 Å². The van der Waals surface area contributed by atoms with Crippen LogP contribution in [0, 0.1) is 0 Å². The number of benzene rings is 1. The van der Waals surface area contributed by atoms with E-state index in [-0.39, 0.29) is 0 Å². The van der Waals surface area contributed by atoms with Crippen LogP contribution in [0.2, 0.25) is 0 Å². The molecule has 4 rings (SSSR count). The third kappa shape index (κ3) is 2.08. The molecule has 0 aliphatic heterocycles. The molecule has 0 amide bonds. The highest BCUT2D eigenvalue weighted by molar-refractivity contribution is 7.17. The van der Waals surface area contributed by atoms with Crippen molar-refractivity contribution in [1.82, 2.24) is 14.5 Å². The van der Waals surface area contributed by atoms with E-state index in [1.807, 2.05) is 18.6 Å². The number of aromatic nitrogens is 3. The van der Waals surface area contributed by atoms with Crippen LogP contribution in [0.1, 0.15) is 0 Å². The third-order valence-corrected chi connectivity index (χ3v) is 4.33. The van der Waals surface area contributed by atoms with Gasteiger partial charge in [-0.3, -0.25) is 4.57 Å². The van der Waals surface area contributed by atoms with Crippen LogP contribution in [0.5, 0.6) is 0 Å². The molecule has 3 aromatic heterocycles. The first-order valence-corrected chi connectivity index (χ1v) is 7.41. The monoisotopic (exact) mass is 292 g/mol. The smallest absolute Gasteiger partial charge is 0.123 e. The van der Waals surface area contributed by atoms with E-state index in [4.69, 9.17) is 5.73 Å². The van der Waals surface area contributed by atoms with Gasteiger partial charge in [0.1, 0.15) is 5.82 Å². The molecule has 0 saturated heterocycles. The molecule has 2 N–H and O–H groups in total. The number of rotatable bonds is 2. The highest BCUT2D eigenvalue weighted by Crippen LogP contribution is 2.27. The summed E-state index contributed by atoms with van der Waals surface area (Å²) in [5.41, 5.74) is 8.73. The largest absolute Gasteiger partial charge is 0.384 e. The van der Waals surface area contributed by atoms with Crippen LogP contribution in [0.3, 0.4) is 0 Å². The minimum Gasteiger partial charge on any atom is -0.384 e. The lowest BCUT2D eigenvalue weighted by molar-refractivity contribution is 1.06. The molecule has 3 heterocycles. The van der Waals surface area contributed by atoms with Crippen LogP contribution in [-0.2, 0) is 0 Å². The van der Waals surface area contributed by atoms with Crippen molar-refractivity contribution in [1.29, 1.82) is 0 Å². The molecule has 4 nitrogen and oxygen atoms in total. The summed E-state index contributed by atoms with van der Waals surface area (Å²) in [6.45, 7) is 0. The zero-order chi connectivity index (χ0) is 14.2. The molecule has 0 bridgehead atoms. The Morgan fingerprint density at radius 2 is 2.00 bits per heavy atom. The fraction of sp³-hybridized carbons (Fsp3) is 0. The van der Waals surface area contributed by atoms with Crippen molar-refractivity contribution in [2.75, 3.05) is 5.73 Å². The van der Waals surface area contributed by atoms with Gasteiger partial charge in [0.15, 0.2) is 0 Å². The molecule has 0 saturated carbocycles. The summed E-state index contributed by atoms with van der Waals surface area (Å²) in [6, 6.07) is 12.3. The summed E-state index contributed by atoms with van der Waals surface area (Å²) in [6.07, 6.45) is 5.43. The standard InChI is InChI=1S/C16H12N4S/c17-16-4-1-12(8-19-16)14-9-18-10-20(14)13-2-3-15-11(7-13)5-6-21-15/h1-10H,(H2,17,19). The summed E-state index contributed by atoms with van der Waals surface area (Å²) >= 11 is 1.75. The van der Waals surface area contributed by atoms with Crippen LogP contribution in [-0.4, -0.2) is 14.5 Å². The number of nitrogen functional groups attached to an aromatic ring is 1. The van der Waals surface area contributed by atoms with Crippen LogP contribution in [0.4, 0.5) is 5.82 Å². The molecule has 4 aromatic rings. The van der Waals surface area contributed by atoms with Crippen molar-refractivity contribution in [2.24, 2.45) is 0 Å². The lowest BCUT2D eigenvalue weighted by Gasteiger charge is -2.08. The molecule has 0 spiro atoms. The van der Waals surface area contributed by atoms with E-state index < -0.39 is 0 Å². The van der Waals surface area contributed by atoms with Gasteiger partial charge in [0, 0.05) is 22.1 Å². The Morgan fingerprint density at radius 3 is 2.86 bits per heavy atom. The summed E-state index contributed by atoms with van der Waals surface area (Å²) in [4.78, 5) is 8.42. The number of imidazole rings is 1. The van der Waals surface area contributed by atoms with Crippen molar-refractivity contribution in [3.8, 4) is 16.9 Å². The average Bonchev–Trinajstić information content (AvgIpc) is 3.16. The second-order valence-electron chi connectivity index (χ2n) is 4.76. The van der Waals surface area contributed by atoms with E-state index in [0.717, 1.165) is 16.9 Å². The molecule has 21 heavy (non-hydrogen) atoms. The number of pyridine rings is 1. The molecular weight excluding hydrogens is 280 g/mol. The van der Waals surface area contributed by atoms with Crippen molar-refractivity contribution < 1.29 is 0 Å². The van der Waals surface area contributed by atoms with Crippen LogP contribution in [0.15, 0.2) is 60.5 Å². The average molecular weight is 292 g/mol. The maximum Gasteiger partial charge on any atom is 0.123 e. The number of anilines is 1. The second kappa shape index (κ2) is 4.71. The Kier molecular flexibility index (Phi) is 2.72. The minimum atomic E-state index is 0.518. The summed E-state index contributed by atoms with van der Waals surface area (Å²) in [5, 5.41) is 3.35. The highest BCUT2D eigenvalue weighted by Gasteiger charge is 2.08. The van der Waals surface area contributed by atoms with E-state index in [1.165, 1.54) is 10.1 Å². The van der Waals surface area contributed by atoms with E-state index in [0.29, 0.717) is 5.82 Å². The minimum absolute atomic E-state index is 0.518. The second-order valence-corrected chi connectivity index (χ2v) is 5.71. The zero-order valence-electron chi connectivity index (χ0n) is 11.1. The summed E-state index contributed by atoms with van der Waals surface area (Å²) < 4.78 is 3.35. The third-order valence-electron chi connectivity index (χ3n) is 3.43. The number of hydrogen-bond acceptors (Lipinski definition) is 4. The summed E-state index contributed by atoms with van der Waals surface area (Å²) in [5.74, 6) is 0.518. The summed E-state index contributed by atoms with van der Waals surface area (Å²) in [7, 11) is 0. The van der Waals surface area contributed by atoms with Crippen LogP contribution < -0.4 is 5.73 Å². The van der Waals surface area contributed by atoms with Gasteiger partial charge in [0.05, 0.1) is 18.2 Å². The van der Waals surface area contributed by atoms with Gasteiger partial charge in [-0.05, 0) is 47.2 Å². The van der Waals surface area contributed by atoms with Gasteiger partial charge in [0.25, 0.3) is 0 Å². The number of thiophene rings is 1. The van der Waals surface area contributed by atoms with Crippen molar-refractivity contribution >= 4 is 27.2 Å². The lowest BCUT2D eigenvalue weighted by atomic mass is 10.2. The van der Waals surface area contributed by atoms with Crippen LogP contribution in [0.25, 0.3) is 27.0 Å². The molecule has 0 aliphatic carbocycles. The fourth-order valence-corrected chi connectivity index (χ4v) is 3.15. The van der Waals surface area contributed by atoms with Crippen LogP contribution >= 0.6 is 11.3 Å². The molecule has 0 radical (unpaired) electrons. The molecule has 5 heteroatoms. The van der Waals surface area contributed by atoms with E-state index >= 15 is 0 Å². The number of fused-ring (bicyclic) bond motifs is 1. The molecule has 0 unspecified atom stereocenters. The number of hydrogen-bond donors (Lipinski definition) is 1. The maximum atomic E-state index is 5.65. The van der Waals surface area contributed by atoms with Gasteiger partial charge in [-0.1, -0.05) is 0 Å². The normalized spacial score (nSPS) is 11.0. The maximum absolute atomic E-state index is 5.65.